The second kappa shape index (κ2) is 6.88. The standard InChI is InChI=1S/C15H24O5/c1-6-15(14(17)19-9-18-5)7-10(2)13(11(3)8-15)20-12(4)16/h11,13H,2,6-9H2,1,3-5H3. The van der Waals surface area contributed by atoms with Crippen LogP contribution in [0.4, 0.5) is 0 Å². The third-order valence-electron chi connectivity index (χ3n) is 3.91. The van der Waals surface area contributed by atoms with E-state index < -0.39 is 5.41 Å². The summed E-state index contributed by atoms with van der Waals surface area (Å²) in [5, 5.41) is 0. The smallest absolute Gasteiger partial charge is 0.314 e. The molecule has 3 unspecified atom stereocenters. The van der Waals surface area contributed by atoms with Crippen LogP contribution in [0.3, 0.4) is 0 Å². The van der Waals surface area contributed by atoms with Crippen molar-refractivity contribution in [3.8, 4) is 0 Å². The number of hydrogen-bond acceptors (Lipinski definition) is 5. The van der Waals surface area contributed by atoms with Gasteiger partial charge in [0.05, 0.1) is 5.41 Å². The summed E-state index contributed by atoms with van der Waals surface area (Å²) >= 11 is 0. The molecule has 1 aliphatic rings. The van der Waals surface area contributed by atoms with E-state index in [1.165, 1.54) is 14.0 Å². The Kier molecular flexibility index (Phi) is 5.74. The summed E-state index contributed by atoms with van der Waals surface area (Å²) in [4.78, 5) is 23.4. The van der Waals surface area contributed by atoms with E-state index >= 15 is 0 Å². The zero-order chi connectivity index (χ0) is 15.3. The van der Waals surface area contributed by atoms with Crippen molar-refractivity contribution in [1.29, 1.82) is 0 Å². The van der Waals surface area contributed by atoms with Crippen LogP contribution in [0.5, 0.6) is 0 Å². The van der Waals surface area contributed by atoms with Crippen LogP contribution in [0.25, 0.3) is 0 Å². The highest BCUT2D eigenvalue weighted by molar-refractivity contribution is 5.77. The molecule has 5 nitrogen and oxygen atoms in total. The summed E-state index contributed by atoms with van der Waals surface area (Å²) in [7, 11) is 1.48. The van der Waals surface area contributed by atoms with Gasteiger partial charge in [0.2, 0.25) is 0 Å². The Bertz CT molecular complexity index is 390. The molecule has 0 heterocycles. The van der Waals surface area contributed by atoms with Crippen LogP contribution >= 0.6 is 0 Å². The van der Waals surface area contributed by atoms with Crippen molar-refractivity contribution in [2.24, 2.45) is 11.3 Å². The fourth-order valence-corrected chi connectivity index (χ4v) is 2.95. The lowest BCUT2D eigenvalue weighted by molar-refractivity contribution is -0.171. The average Bonchev–Trinajstić information content (AvgIpc) is 2.39. The van der Waals surface area contributed by atoms with Gasteiger partial charge in [-0.1, -0.05) is 20.4 Å². The Morgan fingerprint density at radius 2 is 2.10 bits per heavy atom. The molecule has 114 valence electrons. The molecule has 1 rings (SSSR count). The number of hydrogen-bond donors (Lipinski definition) is 0. The van der Waals surface area contributed by atoms with Crippen LogP contribution in [0, 0.1) is 11.3 Å². The zero-order valence-corrected chi connectivity index (χ0v) is 12.7. The van der Waals surface area contributed by atoms with E-state index in [1.807, 2.05) is 13.8 Å². The van der Waals surface area contributed by atoms with Gasteiger partial charge in [-0.25, -0.2) is 0 Å². The predicted molar refractivity (Wildman–Crippen MR) is 73.8 cm³/mol. The normalized spacial score (nSPS) is 29.9. The van der Waals surface area contributed by atoms with E-state index in [9.17, 15) is 9.59 Å². The Morgan fingerprint density at radius 3 is 2.55 bits per heavy atom. The van der Waals surface area contributed by atoms with Crippen LogP contribution in [0.15, 0.2) is 12.2 Å². The van der Waals surface area contributed by atoms with E-state index in [0.29, 0.717) is 19.3 Å². The second-order valence-electron chi connectivity index (χ2n) is 5.52. The van der Waals surface area contributed by atoms with Gasteiger partial charge in [0.1, 0.15) is 6.10 Å². The highest BCUT2D eigenvalue weighted by Crippen LogP contribution is 2.46. The monoisotopic (exact) mass is 284 g/mol. The fraction of sp³-hybridized carbons (Fsp3) is 0.733. The summed E-state index contributed by atoms with van der Waals surface area (Å²) in [6.07, 6.45) is 1.44. The lowest BCUT2D eigenvalue weighted by Gasteiger charge is -2.42. The maximum Gasteiger partial charge on any atom is 0.314 e. The lowest BCUT2D eigenvalue weighted by Crippen LogP contribution is -2.44. The predicted octanol–water partition coefficient (Wildman–Crippen LogP) is 2.45. The molecule has 0 amide bonds. The Hall–Kier alpha value is -1.36. The second-order valence-corrected chi connectivity index (χ2v) is 5.52. The maximum absolute atomic E-state index is 12.3. The van der Waals surface area contributed by atoms with Crippen molar-refractivity contribution < 1.29 is 23.8 Å². The molecule has 5 heteroatoms. The van der Waals surface area contributed by atoms with Gasteiger partial charge in [0.15, 0.2) is 6.79 Å². The summed E-state index contributed by atoms with van der Waals surface area (Å²) in [5.74, 6) is -0.555. The molecule has 20 heavy (non-hydrogen) atoms. The molecule has 0 N–H and O–H groups in total. The Labute approximate surface area is 120 Å². The molecule has 1 fully saturated rings. The molecule has 0 aromatic carbocycles. The molecule has 0 aliphatic heterocycles. The first-order chi connectivity index (χ1) is 9.36. The molecule has 3 atom stereocenters. The topological polar surface area (TPSA) is 61.8 Å². The quantitative estimate of drug-likeness (QED) is 0.441. The number of esters is 2. The van der Waals surface area contributed by atoms with Gasteiger partial charge in [-0.3, -0.25) is 9.59 Å². The van der Waals surface area contributed by atoms with Crippen LogP contribution < -0.4 is 0 Å². The number of carbonyl (C=O) groups is 2. The molecule has 0 aromatic rings. The SMILES string of the molecule is C=C1CC(CC)(C(=O)OCOC)CC(C)C1OC(C)=O. The zero-order valence-electron chi connectivity index (χ0n) is 12.7. The van der Waals surface area contributed by atoms with Crippen molar-refractivity contribution in [3.05, 3.63) is 12.2 Å². The van der Waals surface area contributed by atoms with Crippen LogP contribution in [-0.4, -0.2) is 31.9 Å². The Balaban J connectivity index is 2.85. The molecular weight excluding hydrogens is 260 g/mol. The van der Waals surface area contributed by atoms with Crippen molar-refractivity contribution in [3.63, 3.8) is 0 Å². The molecule has 0 spiro atoms. The fourth-order valence-electron chi connectivity index (χ4n) is 2.95. The third-order valence-corrected chi connectivity index (χ3v) is 3.91. The average molecular weight is 284 g/mol. The summed E-state index contributed by atoms with van der Waals surface area (Å²) in [6, 6.07) is 0. The number of rotatable bonds is 5. The van der Waals surface area contributed by atoms with Crippen LogP contribution in [0.2, 0.25) is 0 Å². The van der Waals surface area contributed by atoms with Crippen LogP contribution in [-0.2, 0) is 23.8 Å². The van der Waals surface area contributed by atoms with Gasteiger partial charge in [0, 0.05) is 14.0 Å². The summed E-state index contributed by atoms with van der Waals surface area (Å²) in [5.41, 5.74) is 0.182. The third kappa shape index (κ3) is 3.60. The van der Waals surface area contributed by atoms with Gasteiger partial charge in [-0.15, -0.1) is 0 Å². The largest absolute Gasteiger partial charge is 0.458 e. The van der Waals surface area contributed by atoms with E-state index in [-0.39, 0.29) is 30.8 Å². The highest BCUT2D eigenvalue weighted by Gasteiger charge is 2.47. The number of ether oxygens (including phenoxy) is 3. The van der Waals surface area contributed by atoms with E-state index in [4.69, 9.17) is 14.2 Å². The van der Waals surface area contributed by atoms with Crippen molar-refractivity contribution in [2.45, 2.75) is 46.1 Å². The minimum atomic E-state index is -0.592. The summed E-state index contributed by atoms with van der Waals surface area (Å²) < 4.78 is 15.2. The molecule has 0 aromatic heterocycles. The molecule has 1 aliphatic carbocycles. The van der Waals surface area contributed by atoms with E-state index in [0.717, 1.165) is 5.57 Å². The first-order valence-corrected chi connectivity index (χ1v) is 6.87. The minimum absolute atomic E-state index is 0.0372. The first-order valence-electron chi connectivity index (χ1n) is 6.87. The van der Waals surface area contributed by atoms with Gasteiger partial charge in [-0.2, -0.15) is 0 Å². The molecule has 1 saturated carbocycles. The molecular formula is C15H24O5. The highest BCUT2D eigenvalue weighted by atomic mass is 16.7. The van der Waals surface area contributed by atoms with E-state index in [2.05, 4.69) is 6.58 Å². The molecule has 0 saturated heterocycles. The summed E-state index contributed by atoms with van der Waals surface area (Å²) in [6.45, 7) is 9.25. The maximum atomic E-state index is 12.3. The van der Waals surface area contributed by atoms with Gasteiger partial charge < -0.3 is 14.2 Å². The van der Waals surface area contributed by atoms with Crippen molar-refractivity contribution >= 4 is 11.9 Å². The van der Waals surface area contributed by atoms with Gasteiger partial charge >= 0.3 is 11.9 Å². The first kappa shape index (κ1) is 16.7. The van der Waals surface area contributed by atoms with Gasteiger partial charge in [-0.05, 0) is 30.8 Å². The number of methoxy groups -OCH3 is 1. The minimum Gasteiger partial charge on any atom is -0.458 e. The van der Waals surface area contributed by atoms with E-state index in [1.54, 1.807) is 0 Å². The van der Waals surface area contributed by atoms with Crippen LogP contribution in [0.1, 0.15) is 40.0 Å². The lowest BCUT2D eigenvalue weighted by atomic mass is 9.65. The molecule has 0 radical (unpaired) electrons. The number of carbonyl (C=O) groups excluding carboxylic acids is 2. The van der Waals surface area contributed by atoms with Crippen molar-refractivity contribution in [2.75, 3.05) is 13.9 Å². The molecule has 0 bridgehead atoms. The Morgan fingerprint density at radius 1 is 1.45 bits per heavy atom. The van der Waals surface area contributed by atoms with Gasteiger partial charge in [0.25, 0.3) is 0 Å². The van der Waals surface area contributed by atoms with Crippen molar-refractivity contribution in [1.82, 2.24) is 0 Å².